The Bertz CT molecular complexity index is 1020. The largest absolute Gasteiger partial charge is 0.491 e. The van der Waals surface area contributed by atoms with Crippen LogP contribution in [0.3, 0.4) is 0 Å². The topological polar surface area (TPSA) is 96.0 Å². The summed E-state index contributed by atoms with van der Waals surface area (Å²) in [6.07, 6.45) is 1.65. The Labute approximate surface area is 214 Å². The SMILES string of the molecule is CO[C@H]1CN(C)C(=O)c2cc(NC(=O)NC(C)C)ccc2OC[C@H](C)N(Cc2ccccn2)C[C@@H]1C. The van der Waals surface area contributed by atoms with Crippen molar-refractivity contribution >= 4 is 17.6 Å². The first-order valence-corrected chi connectivity index (χ1v) is 12.4. The molecule has 9 nitrogen and oxygen atoms in total. The van der Waals surface area contributed by atoms with Gasteiger partial charge in [0.25, 0.3) is 5.91 Å². The fraction of sp³-hybridized carbons (Fsp3) is 0.519. The third-order valence-electron chi connectivity index (χ3n) is 6.34. The number of hydrogen-bond donors (Lipinski definition) is 2. The van der Waals surface area contributed by atoms with Gasteiger partial charge in [0.1, 0.15) is 12.4 Å². The van der Waals surface area contributed by atoms with Crippen molar-refractivity contribution in [3.05, 3.63) is 53.9 Å². The van der Waals surface area contributed by atoms with Crippen LogP contribution in [0.4, 0.5) is 10.5 Å². The van der Waals surface area contributed by atoms with E-state index in [1.807, 2.05) is 32.0 Å². The quantitative estimate of drug-likeness (QED) is 0.655. The number of amides is 3. The van der Waals surface area contributed by atoms with E-state index in [9.17, 15) is 9.59 Å². The highest BCUT2D eigenvalue weighted by Crippen LogP contribution is 2.26. The number of methoxy groups -OCH3 is 1. The minimum absolute atomic E-state index is 0.00567. The number of urea groups is 1. The molecular weight excluding hydrogens is 458 g/mol. The zero-order chi connectivity index (χ0) is 26.2. The Hall–Kier alpha value is -3.17. The zero-order valence-corrected chi connectivity index (χ0v) is 22.2. The van der Waals surface area contributed by atoms with Gasteiger partial charge in [-0.25, -0.2) is 4.79 Å². The number of carbonyl (C=O) groups excluding carboxylic acids is 2. The number of nitrogens with one attached hydrogen (secondary N) is 2. The minimum atomic E-state index is -0.327. The van der Waals surface area contributed by atoms with Gasteiger partial charge in [-0.2, -0.15) is 0 Å². The molecule has 0 aliphatic carbocycles. The number of rotatable bonds is 5. The first-order chi connectivity index (χ1) is 17.2. The Balaban J connectivity index is 1.91. The molecule has 2 N–H and O–H groups in total. The van der Waals surface area contributed by atoms with E-state index < -0.39 is 0 Å². The molecule has 0 unspecified atom stereocenters. The van der Waals surface area contributed by atoms with Gasteiger partial charge in [0.05, 0.1) is 17.4 Å². The number of fused-ring (bicyclic) bond motifs is 1. The molecule has 1 aromatic carbocycles. The number of anilines is 1. The highest BCUT2D eigenvalue weighted by atomic mass is 16.5. The number of likely N-dealkylation sites (N-methyl/N-ethyl adjacent to an activating group) is 1. The van der Waals surface area contributed by atoms with E-state index >= 15 is 0 Å². The Morgan fingerprint density at radius 2 is 2.00 bits per heavy atom. The number of hydrogen-bond acceptors (Lipinski definition) is 6. The normalized spacial score (nSPS) is 21.7. The second kappa shape index (κ2) is 12.7. The van der Waals surface area contributed by atoms with Crippen LogP contribution >= 0.6 is 0 Å². The minimum Gasteiger partial charge on any atom is -0.491 e. The fourth-order valence-electron chi connectivity index (χ4n) is 4.28. The predicted octanol–water partition coefficient (Wildman–Crippen LogP) is 3.62. The maximum Gasteiger partial charge on any atom is 0.319 e. The van der Waals surface area contributed by atoms with Crippen LogP contribution in [0.5, 0.6) is 5.75 Å². The van der Waals surface area contributed by atoms with Gasteiger partial charge in [-0.1, -0.05) is 13.0 Å². The lowest BCUT2D eigenvalue weighted by atomic mass is 10.0. The zero-order valence-electron chi connectivity index (χ0n) is 22.2. The van der Waals surface area contributed by atoms with E-state index in [-0.39, 0.29) is 36.0 Å². The van der Waals surface area contributed by atoms with Crippen LogP contribution in [-0.2, 0) is 11.3 Å². The second-order valence-corrected chi connectivity index (χ2v) is 9.81. The average molecular weight is 498 g/mol. The van der Waals surface area contributed by atoms with Gasteiger partial charge in [0, 0.05) is 57.8 Å². The van der Waals surface area contributed by atoms with Gasteiger partial charge in [0.2, 0.25) is 0 Å². The van der Waals surface area contributed by atoms with Gasteiger partial charge in [-0.15, -0.1) is 0 Å². The summed E-state index contributed by atoms with van der Waals surface area (Å²) in [7, 11) is 3.45. The third-order valence-corrected chi connectivity index (χ3v) is 6.34. The summed E-state index contributed by atoms with van der Waals surface area (Å²) < 4.78 is 12.0. The summed E-state index contributed by atoms with van der Waals surface area (Å²) >= 11 is 0. The van der Waals surface area contributed by atoms with Crippen molar-refractivity contribution in [2.24, 2.45) is 5.92 Å². The lowest BCUT2D eigenvalue weighted by molar-refractivity contribution is 0.00901. The predicted molar refractivity (Wildman–Crippen MR) is 140 cm³/mol. The first kappa shape index (κ1) is 27.4. The first-order valence-electron chi connectivity index (χ1n) is 12.4. The molecule has 0 radical (unpaired) electrons. The molecule has 3 rings (SSSR count). The molecule has 196 valence electrons. The lowest BCUT2D eigenvalue weighted by Crippen LogP contribution is -2.46. The number of carbonyl (C=O) groups is 2. The van der Waals surface area contributed by atoms with Crippen LogP contribution in [0.15, 0.2) is 42.6 Å². The summed E-state index contributed by atoms with van der Waals surface area (Å²) in [4.78, 5) is 34.2. The van der Waals surface area contributed by atoms with Crippen molar-refractivity contribution < 1.29 is 19.1 Å². The second-order valence-electron chi connectivity index (χ2n) is 9.81. The highest BCUT2D eigenvalue weighted by molar-refractivity contribution is 5.99. The molecule has 3 amide bonds. The van der Waals surface area contributed by atoms with Crippen molar-refractivity contribution in [3.8, 4) is 5.75 Å². The summed E-state index contributed by atoms with van der Waals surface area (Å²) in [6.45, 7) is 10.3. The van der Waals surface area contributed by atoms with E-state index in [1.165, 1.54) is 0 Å². The smallest absolute Gasteiger partial charge is 0.319 e. The maximum atomic E-state index is 13.5. The van der Waals surface area contributed by atoms with Crippen molar-refractivity contribution in [1.82, 2.24) is 20.1 Å². The lowest BCUT2D eigenvalue weighted by Gasteiger charge is -2.35. The maximum absolute atomic E-state index is 13.5. The Kier molecular flexibility index (Phi) is 9.66. The number of ether oxygens (including phenoxy) is 2. The third kappa shape index (κ3) is 7.41. The van der Waals surface area contributed by atoms with Crippen LogP contribution in [0.1, 0.15) is 43.7 Å². The molecule has 1 aromatic heterocycles. The van der Waals surface area contributed by atoms with Crippen LogP contribution < -0.4 is 15.4 Å². The average Bonchev–Trinajstić information content (AvgIpc) is 2.84. The van der Waals surface area contributed by atoms with E-state index in [1.54, 1.807) is 43.5 Å². The molecule has 9 heteroatoms. The Morgan fingerprint density at radius 1 is 1.22 bits per heavy atom. The van der Waals surface area contributed by atoms with Gasteiger partial charge in [0.15, 0.2) is 0 Å². The molecular formula is C27H39N5O4. The molecule has 1 aliphatic heterocycles. The van der Waals surface area contributed by atoms with Crippen molar-refractivity contribution in [3.63, 3.8) is 0 Å². The number of benzene rings is 1. The van der Waals surface area contributed by atoms with Crippen molar-refractivity contribution in [1.29, 1.82) is 0 Å². The summed E-state index contributed by atoms with van der Waals surface area (Å²) in [5.41, 5.74) is 1.90. The Morgan fingerprint density at radius 3 is 2.67 bits per heavy atom. The van der Waals surface area contributed by atoms with Gasteiger partial charge < -0.3 is 25.0 Å². The molecule has 0 saturated heterocycles. The van der Waals surface area contributed by atoms with Crippen LogP contribution in [0.2, 0.25) is 0 Å². The van der Waals surface area contributed by atoms with E-state index in [0.717, 1.165) is 12.2 Å². The van der Waals surface area contributed by atoms with Gasteiger partial charge >= 0.3 is 6.03 Å². The van der Waals surface area contributed by atoms with E-state index in [4.69, 9.17) is 9.47 Å². The number of pyridine rings is 1. The summed E-state index contributed by atoms with van der Waals surface area (Å²) in [6, 6.07) is 10.8. The molecule has 1 aliphatic rings. The molecule has 36 heavy (non-hydrogen) atoms. The van der Waals surface area contributed by atoms with Crippen LogP contribution in [0.25, 0.3) is 0 Å². The van der Waals surface area contributed by atoms with E-state index in [0.29, 0.717) is 36.7 Å². The highest BCUT2D eigenvalue weighted by Gasteiger charge is 2.28. The fourth-order valence-corrected chi connectivity index (χ4v) is 4.28. The van der Waals surface area contributed by atoms with Crippen molar-refractivity contribution in [2.75, 3.05) is 39.2 Å². The summed E-state index contributed by atoms with van der Waals surface area (Å²) in [5, 5.41) is 5.59. The van der Waals surface area contributed by atoms with E-state index in [2.05, 4.69) is 34.4 Å². The number of nitrogens with zero attached hydrogens (tertiary/aromatic N) is 3. The summed E-state index contributed by atoms with van der Waals surface area (Å²) in [5.74, 6) is 0.447. The molecule has 0 spiro atoms. The van der Waals surface area contributed by atoms with Crippen LogP contribution in [-0.4, -0.2) is 78.8 Å². The molecule has 2 heterocycles. The number of aromatic nitrogens is 1. The molecule has 0 bridgehead atoms. The van der Waals surface area contributed by atoms with Crippen LogP contribution in [0, 0.1) is 5.92 Å². The monoisotopic (exact) mass is 497 g/mol. The molecule has 2 aromatic rings. The molecule has 0 fully saturated rings. The standard InChI is InChI=1S/C27H39N5O4/c1-18(2)29-27(34)30-21-10-11-24-23(13-21)26(33)31(5)16-25(35-6)19(3)14-32(20(4)17-36-24)15-22-9-7-8-12-28-22/h7-13,18-20,25H,14-17H2,1-6H3,(H2,29,30,34)/t19-,20-,25-/m0/s1. The molecule has 3 atom stereocenters. The molecule has 0 saturated carbocycles. The van der Waals surface area contributed by atoms with Gasteiger partial charge in [-0.05, 0) is 57.0 Å². The van der Waals surface area contributed by atoms with Crippen molar-refractivity contribution in [2.45, 2.75) is 52.4 Å². The van der Waals surface area contributed by atoms with Gasteiger partial charge in [-0.3, -0.25) is 14.7 Å².